The normalized spacial score (nSPS) is 25.6. The molecule has 17 atom stereocenters. The highest BCUT2D eigenvalue weighted by atomic mass is 16.8. The van der Waals surface area contributed by atoms with Crippen LogP contribution in [0.2, 0.25) is 0 Å². The van der Waals surface area contributed by atoms with E-state index in [9.17, 15) is 61.0 Å². The smallest absolute Gasteiger partial charge is 0.220 e. The molecule has 17 unspecified atom stereocenters. The molecule has 3 saturated heterocycles. The summed E-state index contributed by atoms with van der Waals surface area (Å²) in [4.78, 5) is 13.5. The van der Waals surface area contributed by atoms with Gasteiger partial charge in [0.1, 0.15) is 73.2 Å². The number of carbonyl (C=O) groups excluding carboxylic acids is 1. The number of hydrogen-bond donors (Lipinski definition) is 12. The molecule has 0 aromatic rings. The molecule has 0 aromatic heterocycles. The number of unbranched alkanes of at least 4 members (excludes halogenated alkanes) is 56. The number of aliphatic hydroxyl groups is 11. The molecule has 3 aliphatic heterocycles. The fourth-order valence-corrected chi connectivity index (χ4v) is 15.6. The molecule has 107 heavy (non-hydrogen) atoms. The molecule has 19 nitrogen and oxygen atoms in total. The molecule has 12 N–H and O–H groups in total. The first-order chi connectivity index (χ1) is 52.3. The number of aliphatic hydroxyl groups excluding tert-OH is 11. The van der Waals surface area contributed by atoms with E-state index < -0.39 is 124 Å². The molecular weight excluding hydrogens is 1360 g/mol. The standard InChI is InChI=1S/C88H167NO18/c1-3-5-7-9-11-13-15-17-19-21-23-25-27-29-31-33-34-35-36-37-38-40-42-44-46-48-50-52-54-56-58-60-62-64-66-76(94)89-71(72(93)65-63-61-59-57-55-53-51-49-47-45-43-41-39-32-30-28-26-24-22-20-18-16-14-12-10-8-6-4-2)70-102-86-82(100)79(97)84(74(68-91)104-86)107-88-83(101)80(98)85(75(69-92)105-88)106-87-81(99)78(96)77(95)73(67-90)103-87/h55,57,63,65,71-75,77-88,90-93,95-101H,3-54,56,58-62,64,66-70H2,1-2H3,(H,89,94)/b57-55+,65-63+. The minimum absolute atomic E-state index is 0.241. The van der Waals surface area contributed by atoms with E-state index in [1.807, 2.05) is 6.08 Å². The fraction of sp³-hybridized carbons (Fsp3) is 0.943. The van der Waals surface area contributed by atoms with Crippen LogP contribution in [0, 0.1) is 0 Å². The van der Waals surface area contributed by atoms with Crippen molar-refractivity contribution in [2.45, 2.75) is 503 Å². The number of amides is 1. The lowest BCUT2D eigenvalue weighted by molar-refractivity contribution is -0.379. The van der Waals surface area contributed by atoms with Gasteiger partial charge in [0.05, 0.1) is 38.6 Å². The lowest BCUT2D eigenvalue weighted by Crippen LogP contribution is -2.66. The Morgan fingerprint density at radius 1 is 0.327 bits per heavy atom. The van der Waals surface area contributed by atoms with Crippen molar-refractivity contribution in [2.75, 3.05) is 26.4 Å². The van der Waals surface area contributed by atoms with Crippen molar-refractivity contribution >= 4 is 5.91 Å². The van der Waals surface area contributed by atoms with E-state index in [2.05, 4.69) is 31.3 Å². The third kappa shape index (κ3) is 47.7. The summed E-state index contributed by atoms with van der Waals surface area (Å²) in [5.41, 5.74) is 0. The van der Waals surface area contributed by atoms with Crippen LogP contribution in [0.25, 0.3) is 0 Å². The van der Waals surface area contributed by atoms with Crippen molar-refractivity contribution in [3.63, 3.8) is 0 Å². The van der Waals surface area contributed by atoms with Gasteiger partial charge in [-0.05, 0) is 32.1 Å². The third-order valence-electron chi connectivity index (χ3n) is 22.8. The lowest BCUT2D eigenvalue weighted by atomic mass is 9.96. The van der Waals surface area contributed by atoms with E-state index in [4.69, 9.17) is 28.4 Å². The molecule has 19 heteroatoms. The number of nitrogens with one attached hydrogen (secondary N) is 1. The number of carbonyl (C=O) groups is 1. The fourth-order valence-electron chi connectivity index (χ4n) is 15.6. The predicted octanol–water partition coefficient (Wildman–Crippen LogP) is 16.9. The van der Waals surface area contributed by atoms with Crippen LogP contribution in [-0.4, -0.2) is 193 Å². The molecule has 3 fully saturated rings. The van der Waals surface area contributed by atoms with Crippen LogP contribution in [0.1, 0.15) is 399 Å². The molecule has 0 spiro atoms. The molecule has 0 bridgehead atoms. The largest absolute Gasteiger partial charge is 0.394 e. The first-order valence-corrected chi connectivity index (χ1v) is 45.1. The number of hydrogen-bond acceptors (Lipinski definition) is 18. The second kappa shape index (κ2) is 68.7. The maximum Gasteiger partial charge on any atom is 0.220 e. The molecule has 0 aliphatic carbocycles. The average Bonchev–Trinajstić information content (AvgIpc) is 0.781. The van der Waals surface area contributed by atoms with Gasteiger partial charge in [0, 0.05) is 6.42 Å². The second-order valence-electron chi connectivity index (χ2n) is 32.4. The quantitative estimate of drug-likeness (QED) is 0.0199. The summed E-state index contributed by atoms with van der Waals surface area (Å²) in [6, 6.07) is -0.989. The topological polar surface area (TPSA) is 307 Å². The second-order valence-corrected chi connectivity index (χ2v) is 32.4. The van der Waals surface area contributed by atoms with Crippen LogP contribution < -0.4 is 5.32 Å². The van der Waals surface area contributed by atoms with Crippen LogP contribution >= 0.6 is 0 Å². The predicted molar refractivity (Wildman–Crippen MR) is 430 cm³/mol. The van der Waals surface area contributed by atoms with Crippen LogP contribution in [-0.2, 0) is 33.2 Å². The van der Waals surface area contributed by atoms with Crippen molar-refractivity contribution in [1.29, 1.82) is 0 Å². The van der Waals surface area contributed by atoms with Crippen LogP contribution in [0.15, 0.2) is 24.3 Å². The van der Waals surface area contributed by atoms with Crippen LogP contribution in [0.3, 0.4) is 0 Å². The van der Waals surface area contributed by atoms with Gasteiger partial charge in [-0.3, -0.25) is 4.79 Å². The zero-order chi connectivity index (χ0) is 77.4. The summed E-state index contributed by atoms with van der Waals surface area (Å²) in [6.07, 6.45) is 59.2. The highest BCUT2D eigenvalue weighted by molar-refractivity contribution is 5.76. The zero-order valence-corrected chi connectivity index (χ0v) is 68.2. The SMILES string of the molecule is CCCCCCCCCCCCCCCCCCCCCCCC/C=C/CC/C=C/C(O)C(COC1OC(CO)C(OC2OC(CO)C(OC3OC(CO)C(O)C(O)C3O)C(O)C2O)C(O)C1O)NC(=O)CCCCCCCCCCCCCCCCCCCCCCCCCCCCCCCCCCCC. The Hall–Kier alpha value is -1.73. The third-order valence-corrected chi connectivity index (χ3v) is 22.8. The van der Waals surface area contributed by atoms with E-state index >= 15 is 0 Å². The summed E-state index contributed by atoms with van der Waals surface area (Å²) >= 11 is 0. The Labute approximate surface area is 651 Å². The molecule has 3 rings (SSSR count). The highest BCUT2D eigenvalue weighted by Gasteiger charge is 2.54. The number of ether oxygens (including phenoxy) is 6. The van der Waals surface area contributed by atoms with E-state index in [1.165, 1.54) is 327 Å². The van der Waals surface area contributed by atoms with E-state index in [1.54, 1.807) is 6.08 Å². The molecular formula is C88H167NO18. The summed E-state index contributed by atoms with van der Waals surface area (Å²) in [5, 5.41) is 121. The maximum atomic E-state index is 13.5. The monoisotopic (exact) mass is 1530 g/mol. The van der Waals surface area contributed by atoms with Gasteiger partial charge in [-0.25, -0.2) is 0 Å². The average molecular weight is 1530 g/mol. The molecule has 3 aliphatic rings. The van der Waals surface area contributed by atoms with Gasteiger partial charge in [0.15, 0.2) is 18.9 Å². The molecule has 1 amide bonds. The lowest BCUT2D eigenvalue weighted by Gasteiger charge is -2.48. The Bertz CT molecular complexity index is 2020. The first-order valence-electron chi connectivity index (χ1n) is 45.1. The van der Waals surface area contributed by atoms with E-state index in [0.29, 0.717) is 12.8 Å². The molecule has 0 radical (unpaired) electrons. The first kappa shape index (κ1) is 99.5. The van der Waals surface area contributed by atoms with E-state index in [-0.39, 0.29) is 18.9 Å². The van der Waals surface area contributed by atoms with Crippen LogP contribution in [0.4, 0.5) is 0 Å². The minimum Gasteiger partial charge on any atom is -0.394 e. The Balaban J connectivity index is 1.33. The van der Waals surface area contributed by atoms with Gasteiger partial charge >= 0.3 is 0 Å². The van der Waals surface area contributed by atoms with Crippen LogP contribution in [0.5, 0.6) is 0 Å². The van der Waals surface area contributed by atoms with Crippen molar-refractivity contribution in [3.8, 4) is 0 Å². The molecule has 0 aromatic carbocycles. The van der Waals surface area contributed by atoms with Gasteiger partial charge < -0.3 is 89.9 Å². The van der Waals surface area contributed by atoms with Crippen molar-refractivity contribution in [2.24, 2.45) is 0 Å². The Morgan fingerprint density at radius 3 is 0.935 bits per heavy atom. The number of rotatable bonds is 74. The van der Waals surface area contributed by atoms with Gasteiger partial charge in [0.25, 0.3) is 0 Å². The van der Waals surface area contributed by atoms with Gasteiger partial charge in [-0.2, -0.15) is 0 Å². The van der Waals surface area contributed by atoms with Crippen molar-refractivity contribution in [3.05, 3.63) is 24.3 Å². The zero-order valence-electron chi connectivity index (χ0n) is 68.2. The summed E-state index contributed by atoms with van der Waals surface area (Å²) in [5.74, 6) is -0.276. The van der Waals surface area contributed by atoms with Crippen molar-refractivity contribution in [1.82, 2.24) is 5.32 Å². The van der Waals surface area contributed by atoms with Gasteiger partial charge in [-0.1, -0.05) is 385 Å². The van der Waals surface area contributed by atoms with Crippen molar-refractivity contribution < 1.29 is 89.4 Å². The van der Waals surface area contributed by atoms with Gasteiger partial charge in [-0.15, -0.1) is 0 Å². The summed E-state index contributed by atoms with van der Waals surface area (Å²) in [7, 11) is 0. The summed E-state index contributed by atoms with van der Waals surface area (Å²) < 4.78 is 34.5. The summed E-state index contributed by atoms with van der Waals surface area (Å²) in [6.45, 7) is 1.80. The maximum absolute atomic E-state index is 13.5. The minimum atomic E-state index is -1.98. The Morgan fingerprint density at radius 2 is 0.598 bits per heavy atom. The molecule has 632 valence electrons. The number of allylic oxidation sites excluding steroid dienone is 3. The van der Waals surface area contributed by atoms with Gasteiger partial charge in [0.2, 0.25) is 5.91 Å². The Kier molecular flexibility index (Phi) is 63.8. The molecule has 0 saturated carbocycles. The molecule has 3 heterocycles. The van der Waals surface area contributed by atoms with E-state index in [0.717, 1.165) is 38.5 Å². The highest BCUT2D eigenvalue weighted by Crippen LogP contribution is 2.34.